The van der Waals surface area contributed by atoms with E-state index in [1.807, 2.05) is 0 Å². The number of hydrogen-bond acceptors (Lipinski definition) is 4. The van der Waals surface area contributed by atoms with Crippen LogP contribution < -0.4 is 0 Å². The fraction of sp³-hybridized carbons (Fsp3) is 0.667. The van der Waals surface area contributed by atoms with Crippen LogP contribution in [-0.4, -0.2) is 18.0 Å². The molecular weight excluding hydrogens is 352 g/mol. The molecule has 6 aliphatic rings. The standard InChI is InChI=1S/C24H30O4/c1-3-5-7-18-16-10-9-15-14-11-12-24(21(15)20(16)23(26)27-18)17(13-14)22(25)28-19(24)8-6-4-2/h8,13-15,18,21H,3-7,9-12H2,1-2H3/t14?,15-,18?,21?,24-/m0/s1. The van der Waals surface area contributed by atoms with E-state index >= 15 is 0 Å². The molecule has 2 aliphatic heterocycles. The Morgan fingerprint density at radius 2 is 2.04 bits per heavy atom. The van der Waals surface area contributed by atoms with E-state index in [9.17, 15) is 9.59 Å². The Balaban J connectivity index is 1.63. The van der Waals surface area contributed by atoms with Crippen molar-refractivity contribution in [2.75, 3.05) is 0 Å². The van der Waals surface area contributed by atoms with E-state index in [0.717, 1.165) is 74.7 Å². The van der Waals surface area contributed by atoms with Crippen molar-refractivity contribution in [3.8, 4) is 0 Å². The molecule has 150 valence electrons. The van der Waals surface area contributed by atoms with Crippen LogP contribution in [0.3, 0.4) is 0 Å². The first-order valence-corrected chi connectivity index (χ1v) is 11.2. The van der Waals surface area contributed by atoms with Crippen molar-refractivity contribution in [3.05, 3.63) is 34.6 Å². The quantitative estimate of drug-likeness (QED) is 0.628. The number of allylic oxidation sites excluding steroid dienone is 3. The molecule has 28 heavy (non-hydrogen) atoms. The summed E-state index contributed by atoms with van der Waals surface area (Å²) in [6.07, 6.45) is 13.3. The lowest BCUT2D eigenvalue weighted by Gasteiger charge is -2.54. The first-order valence-electron chi connectivity index (χ1n) is 11.2. The van der Waals surface area contributed by atoms with E-state index in [1.165, 1.54) is 5.57 Å². The molecule has 4 nitrogen and oxygen atoms in total. The summed E-state index contributed by atoms with van der Waals surface area (Å²) in [4.78, 5) is 25.8. The van der Waals surface area contributed by atoms with Crippen LogP contribution in [0.1, 0.15) is 71.6 Å². The minimum Gasteiger partial charge on any atom is -0.454 e. The van der Waals surface area contributed by atoms with Gasteiger partial charge in [0.05, 0.1) is 5.41 Å². The van der Waals surface area contributed by atoms with Crippen molar-refractivity contribution in [1.82, 2.24) is 0 Å². The maximum atomic E-state index is 13.1. The van der Waals surface area contributed by atoms with Crippen molar-refractivity contribution in [2.45, 2.75) is 77.7 Å². The van der Waals surface area contributed by atoms with Gasteiger partial charge in [0.25, 0.3) is 0 Å². The van der Waals surface area contributed by atoms with Gasteiger partial charge in [-0.2, -0.15) is 0 Å². The topological polar surface area (TPSA) is 52.6 Å². The highest BCUT2D eigenvalue weighted by molar-refractivity contribution is 5.99. The predicted molar refractivity (Wildman–Crippen MR) is 105 cm³/mol. The number of carbonyl (C=O) groups excluding carboxylic acids is 2. The zero-order valence-electron chi connectivity index (χ0n) is 17.0. The van der Waals surface area contributed by atoms with Crippen LogP contribution in [0.4, 0.5) is 0 Å². The highest BCUT2D eigenvalue weighted by Crippen LogP contribution is 2.68. The normalized spacial score (nSPS) is 39.5. The largest absolute Gasteiger partial charge is 0.454 e. The Morgan fingerprint density at radius 1 is 1.18 bits per heavy atom. The van der Waals surface area contributed by atoms with Gasteiger partial charge >= 0.3 is 11.9 Å². The predicted octanol–water partition coefficient (Wildman–Crippen LogP) is 5.00. The summed E-state index contributed by atoms with van der Waals surface area (Å²) in [5, 5.41) is 0. The molecule has 0 radical (unpaired) electrons. The third-order valence-corrected chi connectivity index (χ3v) is 7.80. The number of hydrogen-bond donors (Lipinski definition) is 0. The second kappa shape index (κ2) is 6.60. The molecule has 1 saturated heterocycles. The Bertz CT molecular complexity index is 816. The summed E-state index contributed by atoms with van der Waals surface area (Å²) in [5.74, 6) is 1.37. The van der Waals surface area contributed by atoms with Crippen LogP contribution in [-0.2, 0) is 19.1 Å². The molecule has 4 aliphatic carbocycles. The van der Waals surface area contributed by atoms with Gasteiger partial charge in [0.2, 0.25) is 0 Å². The molecule has 2 bridgehead atoms. The average Bonchev–Trinajstić information content (AvgIpc) is 3.19. The summed E-state index contributed by atoms with van der Waals surface area (Å²) in [6.45, 7) is 4.31. The summed E-state index contributed by atoms with van der Waals surface area (Å²) >= 11 is 0. The summed E-state index contributed by atoms with van der Waals surface area (Å²) in [5.41, 5.74) is 2.54. The van der Waals surface area contributed by atoms with Gasteiger partial charge in [-0.25, -0.2) is 9.59 Å². The van der Waals surface area contributed by atoms with Gasteiger partial charge in [-0.1, -0.05) is 32.8 Å². The molecule has 0 aromatic heterocycles. The Hall–Kier alpha value is -1.84. The van der Waals surface area contributed by atoms with Crippen molar-refractivity contribution in [3.63, 3.8) is 0 Å². The highest BCUT2D eigenvalue weighted by Gasteiger charge is 2.66. The lowest BCUT2D eigenvalue weighted by molar-refractivity contribution is -0.141. The molecule has 3 unspecified atom stereocenters. The molecule has 2 fully saturated rings. The second-order valence-corrected chi connectivity index (χ2v) is 9.16. The first kappa shape index (κ1) is 18.2. The third kappa shape index (κ3) is 2.29. The van der Waals surface area contributed by atoms with E-state index in [1.54, 1.807) is 0 Å². The van der Waals surface area contributed by atoms with Crippen molar-refractivity contribution in [2.24, 2.45) is 23.2 Å². The fourth-order valence-corrected chi connectivity index (χ4v) is 6.63. The fourth-order valence-electron chi connectivity index (χ4n) is 6.63. The van der Waals surface area contributed by atoms with Gasteiger partial charge in [0.1, 0.15) is 11.9 Å². The van der Waals surface area contributed by atoms with Crippen LogP contribution in [0.2, 0.25) is 0 Å². The van der Waals surface area contributed by atoms with Gasteiger partial charge in [-0.3, -0.25) is 0 Å². The van der Waals surface area contributed by atoms with E-state index in [-0.39, 0.29) is 24.0 Å². The Morgan fingerprint density at radius 3 is 2.82 bits per heavy atom. The van der Waals surface area contributed by atoms with Crippen LogP contribution in [0.15, 0.2) is 34.6 Å². The molecule has 6 rings (SSSR count). The van der Waals surface area contributed by atoms with E-state index in [4.69, 9.17) is 9.47 Å². The van der Waals surface area contributed by atoms with Crippen LogP contribution >= 0.6 is 0 Å². The smallest absolute Gasteiger partial charge is 0.339 e. The van der Waals surface area contributed by atoms with Crippen LogP contribution in [0, 0.1) is 23.2 Å². The van der Waals surface area contributed by atoms with Gasteiger partial charge in [0, 0.05) is 17.1 Å². The molecule has 0 aromatic rings. The SMILES string of the molecule is CCCC=C1OC(=O)C2=CC3CC[C@@]12C1C2=C(CC[C@@H]31)C(CCCC)OC2=O. The molecule has 0 aromatic carbocycles. The lowest BCUT2D eigenvalue weighted by Crippen LogP contribution is -2.50. The number of cyclic esters (lactones) is 2. The Kier molecular flexibility index (Phi) is 4.29. The molecule has 5 atom stereocenters. The molecule has 0 amide bonds. The van der Waals surface area contributed by atoms with Crippen molar-refractivity contribution in [1.29, 1.82) is 0 Å². The van der Waals surface area contributed by atoms with Crippen molar-refractivity contribution < 1.29 is 19.1 Å². The first-order chi connectivity index (χ1) is 13.6. The number of rotatable bonds is 5. The molecule has 4 heteroatoms. The minimum absolute atomic E-state index is 0.0474. The number of esters is 2. The van der Waals surface area contributed by atoms with Crippen molar-refractivity contribution >= 4 is 11.9 Å². The van der Waals surface area contributed by atoms with Crippen LogP contribution in [0.5, 0.6) is 0 Å². The molecule has 1 spiro atoms. The van der Waals surface area contributed by atoms with Gasteiger partial charge in [0.15, 0.2) is 0 Å². The van der Waals surface area contributed by atoms with Gasteiger partial charge in [-0.15, -0.1) is 0 Å². The third-order valence-electron chi connectivity index (χ3n) is 7.80. The maximum Gasteiger partial charge on any atom is 0.339 e. The monoisotopic (exact) mass is 382 g/mol. The van der Waals surface area contributed by atoms with Gasteiger partial charge in [-0.05, 0) is 68.4 Å². The molecule has 0 N–H and O–H groups in total. The lowest BCUT2D eigenvalue weighted by atomic mass is 9.46. The maximum absolute atomic E-state index is 13.1. The second-order valence-electron chi connectivity index (χ2n) is 9.16. The highest BCUT2D eigenvalue weighted by atomic mass is 16.6. The molecular formula is C24H30O4. The zero-order valence-corrected chi connectivity index (χ0v) is 17.0. The molecule has 1 saturated carbocycles. The number of carbonyl (C=O) groups is 2. The summed E-state index contributed by atoms with van der Waals surface area (Å²) in [6, 6.07) is 0. The Labute approximate surface area is 167 Å². The summed E-state index contributed by atoms with van der Waals surface area (Å²) in [7, 11) is 0. The summed E-state index contributed by atoms with van der Waals surface area (Å²) < 4.78 is 11.7. The van der Waals surface area contributed by atoms with E-state index < -0.39 is 5.41 Å². The number of fused-ring (bicyclic) bond motifs is 1. The average molecular weight is 383 g/mol. The number of unbranched alkanes of at least 4 members (excludes halogenated alkanes) is 2. The molecule has 2 heterocycles. The minimum atomic E-state index is -0.425. The zero-order chi connectivity index (χ0) is 19.5. The van der Waals surface area contributed by atoms with Gasteiger partial charge < -0.3 is 9.47 Å². The van der Waals surface area contributed by atoms with E-state index in [2.05, 4.69) is 26.0 Å². The van der Waals surface area contributed by atoms with E-state index in [0.29, 0.717) is 11.8 Å². The number of ether oxygens (including phenoxy) is 2. The van der Waals surface area contributed by atoms with Crippen LogP contribution in [0.25, 0.3) is 0 Å².